The highest BCUT2D eigenvalue weighted by molar-refractivity contribution is 5.96. The van der Waals surface area contributed by atoms with Crippen molar-refractivity contribution in [1.82, 2.24) is 10.6 Å². The lowest BCUT2D eigenvalue weighted by atomic mass is 9.82. The third-order valence-electron chi connectivity index (χ3n) is 6.18. The second-order valence-corrected chi connectivity index (χ2v) is 8.41. The van der Waals surface area contributed by atoms with Crippen molar-refractivity contribution in [3.05, 3.63) is 95.1 Å². The number of carbonyl (C=O) groups excluding carboxylic acids is 2. The van der Waals surface area contributed by atoms with Crippen molar-refractivity contribution >= 4 is 17.8 Å². The number of nitrogens with one attached hydrogen (secondary N) is 2. The molecule has 3 aromatic carbocycles. The van der Waals surface area contributed by atoms with Gasteiger partial charge in [0, 0.05) is 12.5 Å². The Morgan fingerprint density at radius 3 is 1.94 bits per heavy atom. The summed E-state index contributed by atoms with van der Waals surface area (Å²) in [4.78, 5) is 35.5. The Balaban J connectivity index is 1.60. The number of carbonyl (C=O) groups is 3. The molecule has 4 rings (SSSR count). The van der Waals surface area contributed by atoms with Crippen LogP contribution in [0.4, 0.5) is 0 Å². The third-order valence-corrected chi connectivity index (χ3v) is 6.18. The molecule has 0 saturated carbocycles. The van der Waals surface area contributed by atoms with Crippen LogP contribution >= 0.6 is 0 Å². The van der Waals surface area contributed by atoms with Crippen molar-refractivity contribution in [1.29, 1.82) is 0 Å². The fraction of sp³-hybridized carbons (Fsp3) is 0.222. The van der Waals surface area contributed by atoms with E-state index in [2.05, 4.69) is 34.9 Å². The summed E-state index contributed by atoms with van der Waals surface area (Å²) in [5, 5.41) is 14.7. The van der Waals surface area contributed by atoms with Gasteiger partial charge in [-0.05, 0) is 59.7 Å². The summed E-state index contributed by atoms with van der Waals surface area (Å²) in [5.74, 6) is -1.61. The van der Waals surface area contributed by atoms with Gasteiger partial charge in [-0.2, -0.15) is 0 Å². The molecule has 3 N–H and O–H groups in total. The molecule has 0 fully saturated rings. The van der Waals surface area contributed by atoms with Crippen LogP contribution in [0.3, 0.4) is 0 Å². The van der Waals surface area contributed by atoms with Crippen LogP contribution in [-0.2, 0) is 21.5 Å². The van der Waals surface area contributed by atoms with Gasteiger partial charge in [0.2, 0.25) is 5.91 Å². The molecule has 0 aromatic heterocycles. The highest BCUT2D eigenvalue weighted by Gasteiger charge is 2.43. The first kappa shape index (κ1) is 22.3. The summed E-state index contributed by atoms with van der Waals surface area (Å²) >= 11 is 0. The van der Waals surface area contributed by atoms with E-state index in [0.29, 0.717) is 18.4 Å². The van der Waals surface area contributed by atoms with E-state index >= 15 is 0 Å². The van der Waals surface area contributed by atoms with Gasteiger partial charge in [0.05, 0.1) is 5.54 Å². The van der Waals surface area contributed by atoms with Crippen molar-refractivity contribution in [2.24, 2.45) is 0 Å². The molecule has 0 aliphatic heterocycles. The minimum absolute atomic E-state index is 0.0962. The van der Waals surface area contributed by atoms with Crippen molar-refractivity contribution in [2.45, 2.75) is 38.3 Å². The van der Waals surface area contributed by atoms with E-state index < -0.39 is 23.5 Å². The maximum absolute atomic E-state index is 12.3. The van der Waals surface area contributed by atoms with Gasteiger partial charge in [-0.1, -0.05) is 60.7 Å². The molecule has 2 amide bonds. The first-order chi connectivity index (χ1) is 15.8. The molecule has 0 saturated heterocycles. The number of fused-ring (bicyclic) bond motifs is 3. The first-order valence-electron chi connectivity index (χ1n) is 10.9. The van der Waals surface area contributed by atoms with Gasteiger partial charge in [0.25, 0.3) is 5.91 Å². The largest absolute Gasteiger partial charge is 0.480 e. The SMILES string of the molecule is CC(=O)NC1(CCc2ccc(C(=O)N[C@@H](C)C(=O)O)cc2)c2ccccc2-c2ccccc21. The Morgan fingerprint density at radius 2 is 1.42 bits per heavy atom. The second-order valence-electron chi connectivity index (χ2n) is 8.41. The number of hydrogen-bond acceptors (Lipinski definition) is 3. The van der Waals surface area contributed by atoms with Gasteiger partial charge in [-0.3, -0.25) is 14.4 Å². The lowest BCUT2D eigenvalue weighted by Gasteiger charge is -2.33. The number of aryl methyl sites for hydroxylation is 1. The zero-order valence-electron chi connectivity index (χ0n) is 18.6. The zero-order valence-corrected chi connectivity index (χ0v) is 18.6. The predicted octanol–water partition coefficient (Wildman–Crippen LogP) is 3.88. The monoisotopic (exact) mass is 442 g/mol. The average molecular weight is 443 g/mol. The van der Waals surface area contributed by atoms with E-state index in [1.54, 1.807) is 12.1 Å². The molecule has 0 heterocycles. The minimum Gasteiger partial charge on any atom is -0.480 e. The van der Waals surface area contributed by atoms with Crippen LogP contribution < -0.4 is 10.6 Å². The Hall–Kier alpha value is -3.93. The second kappa shape index (κ2) is 8.90. The summed E-state index contributed by atoms with van der Waals surface area (Å²) in [5.41, 5.74) is 5.21. The summed E-state index contributed by atoms with van der Waals surface area (Å²) in [7, 11) is 0. The molecule has 168 valence electrons. The minimum atomic E-state index is -1.08. The summed E-state index contributed by atoms with van der Waals surface area (Å²) in [6.45, 7) is 2.96. The molecule has 0 unspecified atom stereocenters. The molecule has 1 atom stereocenters. The van der Waals surface area contributed by atoms with Crippen LogP contribution in [0.2, 0.25) is 0 Å². The first-order valence-corrected chi connectivity index (χ1v) is 10.9. The van der Waals surface area contributed by atoms with Crippen molar-refractivity contribution in [3.63, 3.8) is 0 Å². The Labute approximate surface area is 192 Å². The fourth-order valence-corrected chi connectivity index (χ4v) is 4.59. The predicted molar refractivity (Wildman–Crippen MR) is 126 cm³/mol. The van der Waals surface area contributed by atoms with E-state index in [-0.39, 0.29) is 5.91 Å². The quantitative estimate of drug-likeness (QED) is 0.517. The van der Waals surface area contributed by atoms with E-state index in [9.17, 15) is 14.4 Å². The van der Waals surface area contributed by atoms with Gasteiger partial charge < -0.3 is 15.7 Å². The van der Waals surface area contributed by atoms with Gasteiger partial charge >= 0.3 is 5.97 Å². The molecular weight excluding hydrogens is 416 g/mol. The number of aliphatic carboxylic acids is 1. The number of hydrogen-bond donors (Lipinski definition) is 3. The number of rotatable bonds is 7. The van der Waals surface area contributed by atoms with E-state index in [1.807, 2.05) is 36.4 Å². The standard InChI is InChI=1S/C27H26N2O4/c1-17(26(32)33)28-25(31)20-13-11-19(12-14-20)15-16-27(29-18(2)30)23-9-5-3-7-21(23)22-8-4-6-10-24(22)27/h3-14,17H,15-16H2,1-2H3,(H,28,31)(H,29,30)(H,32,33)/t17-/m0/s1. The Bertz CT molecular complexity index is 1170. The Kier molecular flexibility index (Phi) is 6.01. The van der Waals surface area contributed by atoms with E-state index in [0.717, 1.165) is 27.8 Å². The zero-order chi connectivity index (χ0) is 23.6. The molecule has 1 aliphatic carbocycles. The maximum Gasteiger partial charge on any atom is 0.325 e. The molecule has 0 bridgehead atoms. The molecule has 6 nitrogen and oxygen atoms in total. The van der Waals surface area contributed by atoms with Gasteiger partial charge in [-0.15, -0.1) is 0 Å². The summed E-state index contributed by atoms with van der Waals surface area (Å²) < 4.78 is 0. The topological polar surface area (TPSA) is 95.5 Å². The molecule has 0 spiro atoms. The van der Waals surface area contributed by atoms with Crippen LogP contribution in [0.25, 0.3) is 11.1 Å². The van der Waals surface area contributed by atoms with Crippen LogP contribution in [0, 0.1) is 0 Å². The molecule has 3 aromatic rings. The number of benzene rings is 3. The summed E-state index contributed by atoms with van der Waals surface area (Å²) in [6, 6.07) is 22.5. The van der Waals surface area contributed by atoms with Crippen LogP contribution in [0.5, 0.6) is 0 Å². The normalized spacial score (nSPS) is 14.0. The highest BCUT2D eigenvalue weighted by atomic mass is 16.4. The third kappa shape index (κ3) is 4.24. The van der Waals surface area contributed by atoms with Crippen LogP contribution in [0.15, 0.2) is 72.8 Å². The molecule has 6 heteroatoms. The number of carboxylic acids is 1. The summed E-state index contributed by atoms with van der Waals surface area (Å²) in [6.07, 6.45) is 1.33. The maximum atomic E-state index is 12.3. The van der Waals surface area contributed by atoms with Crippen molar-refractivity contribution < 1.29 is 19.5 Å². The lowest BCUT2D eigenvalue weighted by Crippen LogP contribution is -2.45. The van der Waals surface area contributed by atoms with Crippen molar-refractivity contribution in [3.8, 4) is 11.1 Å². The molecule has 0 radical (unpaired) electrons. The van der Waals surface area contributed by atoms with E-state index in [4.69, 9.17) is 5.11 Å². The van der Waals surface area contributed by atoms with Gasteiger partial charge in [-0.25, -0.2) is 0 Å². The van der Waals surface area contributed by atoms with Crippen LogP contribution in [-0.4, -0.2) is 28.9 Å². The highest BCUT2D eigenvalue weighted by Crippen LogP contribution is 2.49. The Morgan fingerprint density at radius 1 is 0.879 bits per heavy atom. The van der Waals surface area contributed by atoms with Crippen molar-refractivity contribution in [2.75, 3.05) is 0 Å². The van der Waals surface area contributed by atoms with E-state index in [1.165, 1.54) is 13.8 Å². The smallest absolute Gasteiger partial charge is 0.325 e. The number of amides is 2. The molecular formula is C27H26N2O4. The molecule has 33 heavy (non-hydrogen) atoms. The van der Waals surface area contributed by atoms with Gasteiger partial charge in [0.1, 0.15) is 6.04 Å². The average Bonchev–Trinajstić information content (AvgIpc) is 3.08. The van der Waals surface area contributed by atoms with Gasteiger partial charge in [0.15, 0.2) is 0 Å². The van der Waals surface area contributed by atoms with Crippen LogP contribution in [0.1, 0.15) is 47.3 Å². The fourth-order valence-electron chi connectivity index (χ4n) is 4.59. The lowest BCUT2D eigenvalue weighted by molar-refractivity contribution is -0.138. The molecule has 1 aliphatic rings. The number of carboxylic acid groups (broad SMARTS) is 1.